The Balaban J connectivity index is 4.31. The second-order valence-electron chi connectivity index (χ2n) is 3.10. The van der Waals surface area contributed by atoms with Gasteiger partial charge in [0.25, 0.3) is 0 Å². The molecule has 0 saturated heterocycles. The number of hydrogen-bond acceptors (Lipinski definition) is 2. The highest BCUT2D eigenvalue weighted by Crippen LogP contribution is 2.27. The molecule has 0 aliphatic heterocycles. The summed E-state index contributed by atoms with van der Waals surface area (Å²) in [6.45, 7) is 1.82. The Morgan fingerprint density at radius 1 is 1.47 bits per heavy atom. The number of carboxylic acids is 1. The van der Waals surface area contributed by atoms with Gasteiger partial charge in [-0.25, -0.2) is 0 Å². The topological polar surface area (TPSA) is 54.4 Å². The van der Waals surface area contributed by atoms with E-state index in [-0.39, 0.29) is 5.75 Å². The molecule has 0 aromatic heterocycles. The van der Waals surface area contributed by atoms with E-state index in [1.807, 2.05) is 6.92 Å². The first kappa shape index (κ1) is 14.4. The van der Waals surface area contributed by atoms with Crippen LogP contribution in [0.5, 0.6) is 0 Å². The van der Waals surface area contributed by atoms with E-state index in [1.165, 1.54) is 0 Å². The molecule has 1 N–H and O–H groups in total. The molecule has 0 spiro atoms. The van der Waals surface area contributed by atoms with Gasteiger partial charge in [0.15, 0.2) is 5.92 Å². The van der Waals surface area contributed by atoms with Gasteiger partial charge in [-0.05, 0) is 6.42 Å². The highest BCUT2D eigenvalue weighted by atomic mass is 32.2. The normalized spacial score (nSPS) is 16.0. The molecule has 0 amide bonds. The van der Waals surface area contributed by atoms with Crippen molar-refractivity contribution in [1.29, 1.82) is 0 Å². The van der Waals surface area contributed by atoms with Gasteiger partial charge in [0.05, 0.1) is 0 Å². The Hall–Kier alpha value is -0.590. The van der Waals surface area contributed by atoms with Crippen LogP contribution in [0.2, 0.25) is 0 Å². The van der Waals surface area contributed by atoms with Gasteiger partial charge < -0.3 is 5.11 Å². The van der Waals surface area contributed by atoms with Crippen LogP contribution >= 0.6 is 0 Å². The summed E-state index contributed by atoms with van der Waals surface area (Å²) < 4.78 is 47.5. The summed E-state index contributed by atoms with van der Waals surface area (Å²) in [5.41, 5.74) is 0. The van der Waals surface area contributed by atoms with Crippen molar-refractivity contribution >= 4 is 16.8 Å². The van der Waals surface area contributed by atoms with Crippen molar-refractivity contribution in [1.82, 2.24) is 0 Å². The minimum atomic E-state index is -4.83. The van der Waals surface area contributed by atoms with E-state index in [0.717, 1.165) is 6.42 Å². The maximum atomic E-state index is 12.1. The molecule has 0 bridgehead atoms. The second-order valence-corrected chi connectivity index (χ2v) is 4.72. The Bertz CT molecular complexity index is 240. The highest BCUT2D eigenvalue weighted by molar-refractivity contribution is 7.85. The van der Waals surface area contributed by atoms with Gasteiger partial charge in [-0.2, -0.15) is 13.2 Å². The Morgan fingerprint density at radius 3 is 2.33 bits per heavy atom. The zero-order chi connectivity index (χ0) is 12.1. The lowest BCUT2D eigenvalue weighted by Gasteiger charge is -2.15. The first-order valence-corrected chi connectivity index (χ1v) is 5.92. The van der Waals surface area contributed by atoms with E-state index in [9.17, 15) is 22.2 Å². The minimum absolute atomic E-state index is 0.121. The molecule has 7 heteroatoms. The number of alkyl halides is 3. The Morgan fingerprint density at radius 2 is 2.00 bits per heavy atom. The largest absolute Gasteiger partial charge is 0.481 e. The average molecular weight is 246 g/mol. The molecule has 0 rings (SSSR count). The molecule has 3 nitrogen and oxygen atoms in total. The summed E-state index contributed by atoms with van der Waals surface area (Å²) in [5.74, 6) is -5.21. The molecule has 0 aliphatic rings. The van der Waals surface area contributed by atoms with Crippen LogP contribution in [0.3, 0.4) is 0 Å². The van der Waals surface area contributed by atoms with Gasteiger partial charge in [0.2, 0.25) is 0 Å². The van der Waals surface area contributed by atoms with Gasteiger partial charge in [0.1, 0.15) is 0 Å². The number of hydrogen-bond donors (Lipinski definition) is 1. The third kappa shape index (κ3) is 5.76. The molecule has 0 aromatic carbocycles. The molecule has 0 heterocycles. The smallest absolute Gasteiger partial charge is 0.403 e. The fourth-order valence-electron chi connectivity index (χ4n) is 0.880. The van der Waals surface area contributed by atoms with Gasteiger partial charge >= 0.3 is 12.1 Å². The molecule has 90 valence electrons. The molecule has 0 aliphatic carbocycles. The van der Waals surface area contributed by atoms with Crippen molar-refractivity contribution in [2.75, 3.05) is 11.5 Å². The molecule has 2 atom stereocenters. The van der Waals surface area contributed by atoms with Crippen LogP contribution in [0, 0.1) is 5.92 Å². The maximum Gasteiger partial charge on any atom is 0.403 e. The number of halogens is 3. The fourth-order valence-corrected chi connectivity index (χ4v) is 2.36. The standard InChI is InChI=1S/C8H13F3O3S/c1-2-3-4-15(14)5-6(7(12)13)8(9,10)11/h6H,2-5H2,1H3,(H,12,13). The molecule has 0 radical (unpaired) electrons. The average Bonchev–Trinajstić information content (AvgIpc) is 2.08. The molecule has 0 aromatic rings. The second kappa shape index (κ2) is 6.09. The summed E-state index contributed by atoms with van der Waals surface area (Å²) in [6, 6.07) is 0. The zero-order valence-corrected chi connectivity index (χ0v) is 9.03. The lowest BCUT2D eigenvalue weighted by molar-refractivity contribution is -0.188. The first-order valence-electron chi connectivity index (χ1n) is 4.43. The summed E-state index contributed by atoms with van der Waals surface area (Å²) in [7, 11) is -1.72. The van der Waals surface area contributed by atoms with E-state index in [4.69, 9.17) is 5.11 Å². The van der Waals surface area contributed by atoms with E-state index in [1.54, 1.807) is 0 Å². The van der Waals surface area contributed by atoms with E-state index in [0.29, 0.717) is 6.42 Å². The third-order valence-corrected chi connectivity index (χ3v) is 3.22. The van der Waals surface area contributed by atoms with E-state index < -0.39 is 34.6 Å². The molecular formula is C8H13F3O3S. The predicted molar refractivity (Wildman–Crippen MR) is 50.0 cm³/mol. The predicted octanol–water partition coefficient (Wildman–Crippen LogP) is 1.80. The van der Waals surface area contributed by atoms with Crippen LogP contribution in [0.1, 0.15) is 19.8 Å². The summed E-state index contributed by atoms with van der Waals surface area (Å²) in [6.07, 6.45) is -3.57. The van der Waals surface area contributed by atoms with Gasteiger partial charge in [-0.15, -0.1) is 0 Å². The Kier molecular flexibility index (Phi) is 5.85. The lowest BCUT2D eigenvalue weighted by Crippen LogP contribution is -2.35. The molecule has 2 unspecified atom stereocenters. The summed E-state index contributed by atoms with van der Waals surface area (Å²) in [5, 5.41) is 8.33. The number of aliphatic carboxylic acids is 1. The van der Waals surface area contributed by atoms with Crippen molar-refractivity contribution < 1.29 is 27.3 Å². The number of carbonyl (C=O) groups is 1. The van der Waals surface area contributed by atoms with E-state index in [2.05, 4.69) is 0 Å². The summed E-state index contributed by atoms with van der Waals surface area (Å²) >= 11 is 0. The van der Waals surface area contributed by atoms with Gasteiger partial charge in [-0.1, -0.05) is 13.3 Å². The maximum absolute atomic E-state index is 12.1. The number of rotatable bonds is 6. The monoisotopic (exact) mass is 246 g/mol. The van der Waals surface area contributed by atoms with Gasteiger partial charge in [0, 0.05) is 22.3 Å². The van der Waals surface area contributed by atoms with Crippen molar-refractivity contribution in [3.8, 4) is 0 Å². The molecule has 0 saturated carbocycles. The molecule has 15 heavy (non-hydrogen) atoms. The molecule has 0 fully saturated rings. The number of unbranched alkanes of at least 4 members (excludes halogenated alkanes) is 1. The zero-order valence-electron chi connectivity index (χ0n) is 8.21. The minimum Gasteiger partial charge on any atom is -0.481 e. The Labute approximate surface area is 88.1 Å². The van der Waals surface area contributed by atoms with Crippen LogP contribution in [0.25, 0.3) is 0 Å². The quantitative estimate of drug-likeness (QED) is 0.777. The third-order valence-electron chi connectivity index (χ3n) is 1.77. The van der Waals surface area contributed by atoms with Crippen LogP contribution in [-0.4, -0.2) is 33.0 Å². The highest BCUT2D eigenvalue weighted by Gasteiger charge is 2.45. The lowest BCUT2D eigenvalue weighted by atomic mass is 10.2. The summed E-state index contributed by atoms with van der Waals surface area (Å²) in [4.78, 5) is 10.3. The van der Waals surface area contributed by atoms with Gasteiger partial charge in [-0.3, -0.25) is 9.00 Å². The SMILES string of the molecule is CCCCS(=O)CC(C(=O)O)C(F)(F)F. The van der Waals surface area contributed by atoms with Crippen molar-refractivity contribution in [3.63, 3.8) is 0 Å². The van der Waals surface area contributed by atoms with Crippen molar-refractivity contribution in [2.45, 2.75) is 25.9 Å². The fraction of sp³-hybridized carbons (Fsp3) is 0.875. The van der Waals surface area contributed by atoms with Crippen LogP contribution in [-0.2, 0) is 15.6 Å². The van der Waals surface area contributed by atoms with Crippen LogP contribution in [0.15, 0.2) is 0 Å². The number of carboxylic acid groups (broad SMARTS) is 1. The van der Waals surface area contributed by atoms with Crippen LogP contribution < -0.4 is 0 Å². The van der Waals surface area contributed by atoms with Crippen LogP contribution in [0.4, 0.5) is 13.2 Å². The van der Waals surface area contributed by atoms with Crippen molar-refractivity contribution in [2.24, 2.45) is 5.92 Å². The molecular weight excluding hydrogens is 233 g/mol. The van der Waals surface area contributed by atoms with Crippen molar-refractivity contribution in [3.05, 3.63) is 0 Å². The van der Waals surface area contributed by atoms with E-state index >= 15 is 0 Å². The first-order chi connectivity index (χ1) is 6.79.